The third-order valence-electron chi connectivity index (χ3n) is 3.07. The largest absolute Gasteiger partial charge is 0.329 e. The minimum atomic E-state index is 0.520. The molecule has 102 valence electrons. The number of aromatic nitrogens is 4. The molecule has 3 aromatic rings. The van der Waals surface area contributed by atoms with Gasteiger partial charge < -0.3 is 4.57 Å². The summed E-state index contributed by atoms with van der Waals surface area (Å²) in [5.74, 6) is 0.967. The van der Waals surface area contributed by atoms with E-state index in [1.807, 2.05) is 36.0 Å². The van der Waals surface area contributed by atoms with Gasteiger partial charge in [0, 0.05) is 18.6 Å². The highest BCUT2D eigenvalue weighted by molar-refractivity contribution is 6.42. The van der Waals surface area contributed by atoms with Crippen molar-refractivity contribution in [3.05, 3.63) is 64.4 Å². The van der Waals surface area contributed by atoms with Crippen LogP contribution >= 0.6 is 23.2 Å². The van der Waals surface area contributed by atoms with Crippen LogP contribution in [0.2, 0.25) is 10.0 Å². The van der Waals surface area contributed by atoms with Crippen LogP contribution in [0.5, 0.6) is 0 Å². The lowest BCUT2D eigenvalue weighted by molar-refractivity contribution is 0.722. The van der Waals surface area contributed by atoms with E-state index in [9.17, 15) is 0 Å². The zero-order chi connectivity index (χ0) is 14.1. The molecule has 0 saturated heterocycles. The van der Waals surface area contributed by atoms with E-state index in [1.54, 1.807) is 23.0 Å². The van der Waals surface area contributed by atoms with Crippen molar-refractivity contribution >= 4 is 23.2 Å². The molecular formula is C14H12Cl2N4. The number of nitrogens with zero attached hydrogens (tertiary/aromatic N) is 4. The average Bonchev–Trinajstić information content (AvgIpc) is 3.04. The van der Waals surface area contributed by atoms with Crippen molar-refractivity contribution in [2.45, 2.75) is 13.5 Å². The Balaban J connectivity index is 1.86. The van der Waals surface area contributed by atoms with E-state index < -0.39 is 0 Å². The number of benzene rings is 1. The lowest BCUT2D eigenvalue weighted by Crippen LogP contribution is -2.03. The van der Waals surface area contributed by atoms with E-state index in [1.165, 1.54) is 0 Å². The molecule has 0 aliphatic heterocycles. The van der Waals surface area contributed by atoms with Crippen molar-refractivity contribution in [3.63, 3.8) is 0 Å². The van der Waals surface area contributed by atoms with Crippen LogP contribution in [0.3, 0.4) is 0 Å². The lowest BCUT2D eigenvalue weighted by atomic mass is 10.3. The third kappa shape index (κ3) is 2.57. The SMILES string of the molecule is Cc1nccn1Cc1ccn(-c2ccc(Cl)c(Cl)c2)n1. The summed E-state index contributed by atoms with van der Waals surface area (Å²) in [5, 5.41) is 5.59. The fourth-order valence-corrected chi connectivity index (χ4v) is 2.26. The zero-order valence-corrected chi connectivity index (χ0v) is 12.3. The van der Waals surface area contributed by atoms with E-state index in [0.29, 0.717) is 16.6 Å². The first-order valence-corrected chi connectivity index (χ1v) is 6.87. The molecule has 0 aliphatic rings. The minimum Gasteiger partial charge on any atom is -0.329 e. The molecule has 0 bridgehead atoms. The number of aryl methyl sites for hydroxylation is 1. The summed E-state index contributed by atoms with van der Waals surface area (Å²) < 4.78 is 3.82. The van der Waals surface area contributed by atoms with Gasteiger partial charge in [-0.05, 0) is 31.2 Å². The first-order valence-electron chi connectivity index (χ1n) is 6.11. The van der Waals surface area contributed by atoms with Crippen molar-refractivity contribution in [1.29, 1.82) is 0 Å². The summed E-state index contributed by atoms with van der Waals surface area (Å²) in [6.45, 7) is 2.66. The Bertz CT molecular complexity index is 745. The molecule has 1 aromatic carbocycles. The number of imidazole rings is 1. The first kappa shape index (κ1) is 13.2. The molecule has 3 rings (SSSR count). The number of hydrogen-bond acceptors (Lipinski definition) is 2. The topological polar surface area (TPSA) is 35.6 Å². The fraction of sp³-hybridized carbons (Fsp3) is 0.143. The smallest absolute Gasteiger partial charge is 0.105 e. The molecule has 2 aromatic heterocycles. The van der Waals surface area contributed by atoms with Gasteiger partial charge in [0.25, 0.3) is 0 Å². The predicted molar refractivity (Wildman–Crippen MR) is 79.7 cm³/mol. The molecule has 20 heavy (non-hydrogen) atoms. The summed E-state index contributed by atoms with van der Waals surface area (Å²) in [6.07, 6.45) is 5.62. The number of rotatable bonds is 3. The van der Waals surface area contributed by atoms with Gasteiger partial charge >= 0.3 is 0 Å². The van der Waals surface area contributed by atoms with E-state index in [4.69, 9.17) is 23.2 Å². The highest BCUT2D eigenvalue weighted by Gasteiger charge is 2.05. The van der Waals surface area contributed by atoms with Crippen LogP contribution in [0.4, 0.5) is 0 Å². The molecular weight excluding hydrogens is 295 g/mol. The summed E-state index contributed by atoms with van der Waals surface area (Å²) in [4.78, 5) is 4.20. The number of halogens is 2. The third-order valence-corrected chi connectivity index (χ3v) is 3.81. The summed E-state index contributed by atoms with van der Waals surface area (Å²) in [7, 11) is 0. The highest BCUT2D eigenvalue weighted by atomic mass is 35.5. The Morgan fingerprint density at radius 2 is 1.95 bits per heavy atom. The van der Waals surface area contributed by atoms with Crippen molar-refractivity contribution in [2.24, 2.45) is 0 Å². The van der Waals surface area contributed by atoms with Gasteiger partial charge in [-0.25, -0.2) is 9.67 Å². The maximum absolute atomic E-state index is 6.02. The second kappa shape index (κ2) is 5.31. The van der Waals surface area contributed by atoms with Crippen LogP contribution in [0.1, 0.15) is 11.5 Å². The van der Waals surface area contributed by atoms with Gasteiger partial charge in [-0.15, -0.1) is 0 Å². The standard InChI is InChI=1S/C14H12Cl2N4/c1-10-17-5-7-19(10)9-11-4-6-20(18-11)12-2-3-13(15)14(16)8-12/h2-8H,9H2,1H3. The van der Waals surface area contributed by atoms with E-state index in [-0.39, 0.29) is 0 Å². The van der Waals surface area contributed by atoms with Crippen molar-refractivity contribution in [2.75, 3.05) is 0 Å². The van der Waals surface area contributed by atoms with Crippen LogP contribution in [0.15, 0.2) is 42.9 Å². The molecule has 0 aliphatic carbocycles. The zero-order valence-electron chi connectivity index (χ0n) is 10.8. The van der Waals surface area contributed by atoms with Gasteiger partial charge in [0.15, 0.2) is 0 Å². The van der Waals surface area contributed by atoms with Crippen LogP contribution < -0.4 is 0 Å². The molecule has 4 nitrogen and oxygen atoms in total. The molecule has 0 radical (unpaired) electrons. The van der Waals surface area contributed by atoms with Gasteiger partial charge in [-0.3, -0.25) is 0 Å². The van der Waals surface area contributed by atoms with Gasteiger partial charge in [0.1, 0.15) is 5.82 Å². The van der Waals surface area contributed by atoms with Crippen molar-refractivity contribution in [3.8, 4) is 5.69 Å². The van der Waals surface area contributed by atoms with Gasteiger partial charge in [0.2, 0.25) is 0 Å². The Kier molecular flexibility index (Phi) is 3.51. The maximum atomic E-state index is 6.02. The van der Waals surface area contributed by atoms with Gasteiger partial charge in [-0.2, -0.15) is 5.10 Å². The van der Waals surface area contributed by atoms with Crippen LogP contribution in [0.25, 0.3) is 5.69 Å². The van der Waals surface area contributed by atoms with Gasteiger partial charge in [-0.1, -0.05) is 23.2 Å². The van der Waals surface area contributed by atoms with Crippen LogP contribution in [-0.4, -0.2) is 19.3 Å². The monoisotopic (exact) mass is 306 g/mol. The minimum absolute atomic E-state index is 0.520. The van der Waals surface area contributed by atoms with E-state index in [0.717, 1.165) is 17.2 Å². The quantitative estimate of drug-likeness (QED) is 0.739. The molecule has 0 amide bonds. The molecule has 0 spiro atoms. The molecule has 0 atom stereocenters. The normalized spacial score (nSPS) is 10.9. The molecule has 6 heteroatoms. The Hall–Kier alpha value is -1.78. The van der Waals surface area contributed by atoms with E-state index >= 15 is 0 Å². The maximum Gasteiger partial charge on any atom is 0.105 e. The second-order valence-corrected chi connectivity index (χ2v) is 5.27. The summed E-state index contributed by atoms with van der Waals surface area (Å²) in [5.41, 5.74) is 1.84. The van der Waals surface area contributed by atoms with Crippen LogP contribution in [0, 0.1) is 6.92 Å². The Labute approximate surface area is 126 Å². The molecule has 0 unspecified atom stereocenters. The summed E-state index contributed by atoms with van der Waals surface area (Å²) in [6, 6.07) is 7.42. The van der Waals surface area contributed by atoms with Crippen LogP contribution in [-0.2, 0) is 6.54 Å². The molecule has 0 saturated carbocycles. The molecule has 0 N–H and O–H groups in total. The average molecular weight is 307 g/mol. The first-order chi connectivity index (χ1) is 9.63. The molecule has 2 heterocycles. The lowest BCUT2D eigenvalue weighted by Gasteiger charge is -2.04. The highest BCUT2D eigenvalue weighted by Crippen LogP contribution is 2.24. The Morgan fingerprint density at radius 3 is 2.65 bits per heavy atom. The second-order valence-electron chi connectivity index (χ2n) is 4.45. The van der Waals surface area contributed by atoms with Crippen molar-refractivity contribution < 1.29 is 0 Å². The summed E-state index contributed by atoms with van der Waals surface area (Å²) >= 11 is 11.9. The Morgan fingerprint density at radius 1 is 1.10 bits per heavy atom. The van der Waals surface area contributed by atoms with Crippen molar-refractivity contribution in [1.82, 2.24) is 19.3 Å². The van der Waals surface area contributed by atoms with E-state index in [2.05, 4.69) is 10.1 Å². The van der Waals surface area contributed by atoms with Gasteiger partial charge in [0.05, 0.1) is 28.0 Å². The fourth-order valence-electron chi connectivity index (χ4n) is 1.96. The predicted octanol–water partition coefficient (Wildman–Crippen LogP) is 3.73. The number of hydrogen-bond donors (Lipinski definition) is 0. The molecule has 0 fully saturated rings.